The molecule has 1 aliphatic rings. The van der Waals surface area contributed by atoms with Gasteiger partial charge < -0.3 is 14.7 Å². The standard InChI is InChI=1S/C14H21NO4S/c1-10-9-20(17,18)8-7-15(10)12-5-4-6-13(19-3)14(12)11(2)16/h4-6,10-11,16H,7-9H2,1-3H3/t10?,11-/m0/s1. The fourth-order valence-corrected chi connectivity index (χ4v) is 4.29. The van der Waals surface area contributed by atoms with Crippen LogP contribution in [0.3, 0.4) is 0 Å². The molecule has 1 unspecified atom stereocenters. The van der Waals surface area contributed by atoms with Gasteiger partial charge in [0, 0.05) is 23.8 Å². The molecule has 0 bridgehead atoms. The number of sulfone groups is 1. The Morgan fingerprint density at radius 3 is 2.70 bits per heavy atom. The van der Waals surface area contributed by atoms with Crippen molar-refractivity contribution in [3.8, 4) is 5.75 Å². The Labute approximate surface area is 120 Å². The molecule has 1 heterocycles. The normalized spacial score (nSPS) is 23.4. The second kappa shape index (κ2) is 5.61. The molecule has 1 N–H and O–H groups in total. The van der Waals surface area contributed by atoms with Gasteiger partial charge in [-0.15, -0.1) is 0 Å². The van der Waals surface area contributed by atoms with E-state index in [1.165, 1.54) is 0 Å². The van der Waals surface area contributed by atoms with Gasteiger partial charge in [0.25, 0.3) is 0 Å². The number of aliphatic hydroxyl groups is 1. The number of methoxy groups -OCH3 is 1. The van der Waals surface area contributed by atoms with Gasteiger partial charge >= 0.3 is 0 Å². The largest absolute Gasteiger partial charge is 0.496 e. The first-order valence-electron chi connectivity index (χ1n) is 6.67. The van der Waals surface area contributed by atoms with Crippen molar-refractivity contribution in [1.29, 1.82) is 0 Å². The van der Waals surface area contributed by atoms with Crippen molar-refractivity contribution in [3.05, 3.63) is 23.8 Å². The Morgan fingerprint density at radius 1 is 1.45 bits per heavy atom. The van der Waals surface area contributed by atoms with Crippen LogP contribution in [0.5, 0.6) is 5.75 Å². The summed E-state index contributed by atoms with van der Waals surface area (Å²) in [7, 11) is -1.39. The van der Waals surface area contributed by atoms with Crippen molar-refractivity contribution >= 4 is 15.5 Å². The number of hydrogen-bond donors (Lipinski definition) is 1. The third-order valence-electron chi connectivity index (χ3n) is 3.66. The van der Waals surface area contributed by atoms with Crippen LogP contribution in [0, 0.1) is 0 Å². The molecule has 2 atom stereocenters. The number of rotatable bonds is 3. The molecule has 6 heteroatoms. The number of anilines is 1. The molecule has 0 radical (unpaired) electrons. The number of aliphatic hydroxyl groups excluding tert-OH is 1. The van der Waals surface area contributed by atoms with E-state index in [0.29, 0.717) is 17.9 Å². The summed E-state index contributed by atoms with van der Waals surface area (Å²) in [6, 6.07) is 5.45. The van der Waals surface area contributed by atoms with Gasteiger partial charge in [0.1, 0.15) is 5.75 Å². The minimum Gasteiger partial charge on any atom is -0.496 e. The minimum absolute atomic E-state index is 0.113. The summed E-state index contributed by atoms with van der Waals surface area (Å²) < 4.78 is 28.7. The van der Waals surface area contributed by atoms with E-state index in [0.717, 1.165) is 5.69 Å². The minimum atomic E-state index is -2.96. The number of nitrogens with zero attached hydrogens (tertiary/aromatic N) is 1. The van der Waals surface area contributed by atoms with Crippen LogP contribution in [0.2, 0.25) is 0 Å². The molecule has 5 nitrogen and oxygen atoms in total. The van der Waals surface area contributed by atoms with Crippen LogP contribution in [-0.4, -0.2) is 44.7 Å². The fourth-order valence-electron chi connectivity index (χ4n) is 2.74. The van der Waals surface area contributed by atoms with E-state index in [1.807, 2.05) is 24.0 Å². The van der Waals surface area contributed by atoms with Crippen molar-refractivity contribution < 1.29 is 18.3 Å². The second-order valence-corrected chi connectivity index (χ2v) is 7.45. The van der Waals surface area contributed by atoms with Crippen LogP contribution >= 0.6 is 0 Å². The topological polar surface area (TPSA) is 66.8 Å². The van der Waals surface area contributed by atoms with Crippen molar-refractivity contribution in [2.75, 3.05) is 30.1 Å². The number of benzene rings is 1. The van der Waals surface area contributed by atoms with Crippen molar-refractivity contribution in [2.45, 2.75) is 26.0 Å². The van der Waals surface area contributed by atoms with Gasteiger partial charge in [0.2, 0.25) is 0 Å². The summed E-state index contributed by atoms with van der Waals surface area (Å²) in [5.41, 5.74) is 1.56. The molecule has 112 valence electrons. The summed E-state index contributed by atoms with van der Waals surface area (Å²) >= 11 is 0. The Balaban J connectivity index is 2.43. The van der Waals surface area contributed by atoms with Crippen LogP contribution in [0.1, 0.15) is 25.5 Å². The number of ether oxygens (including phenoxy) is 1. The van der Waals surface area contributed by atoms with Gasteiger partial charge in [-0.1, -0.05) is 6.07 Å². The van der Waals surface area contributed by atoms with Gasteiger partial charge in [-0.25, -0.2) is 8.42 Å². The molecule has 1 aromatic rings. The van der Waals surface area contributed by atoms with E-state index in [2.05, 4.69) is 0 Å². The van der Waals surface area contributed by atoms with Crippen LogP contribution < -0.4 is 9.64 Å². The molecule has 1 aromatic carbocycles. The maximum absolute atomic E-state index is 11.7. The smallest absolute Gasteiger partial charge is 0.154 e. The summed E-state index contributed by atoms with van der Waals surface area (Å²) in [4.78, 5) is 2.03. The first-order valence-corrected chi connectivity index (χ1v) is 8.50. The van der Waals surface area contributed by atoms with Gasteiger partial charge in [0.05, 0.1) is 24.7 Å². The molecule has 20 heavy (non-hydrogen) atoms. The zero-order valence-electron chi connectivity index (χ0n) is 12.0. The molecule has 2 rings (SSSR count). The van der Waals surface area contributed by atoms with Crippen LogP contribution in [-0.2, 0) is 9.84 Å². The highest BCUT2D eigenvalue weighted by molar-refractivity contribution is 7.91. The quantitative estimate of drug-likeness (QED) is 0.913. The van der Waals surface area contributed by atoms with E-state index in [4.69, 9.17) is 4.74 Å². The van der Waals surface area contributed by atoms with Gasteiger partial charge in [-0.05, 0) is 26.0 Å². The summed E-state index contributed by atoms with van der Waals surface area (Å²) in [5, 5.41) is 10.0. The number of hydrogen-bond acceptors (Lipinski definition) is 5. The van der Waals surface area contributed by atoms with Crippen LogP contribution in [0.25, 0.3) is 0 Å². The molecule has 0 aromatic heterocycles. The zero-order valence-corrected chi connectivity index (χ0v) is 12.9. The molecular formula is C14H21NO4S. The highest BCUT2D eigenvalue weighted by atomic mass is 32.2. The highest BCUT2D eigenvalue weighted by Crippen LogP contribution is 2.36. The maximum Gasteiger partial charge on any atom is 0.154 e. The molecule has 0 aliphatic carbocycles. The lowest BCUT2D eigenvalue weighted by Crippen LogP contribution is -2.47. The van der Waals surface area contributed by atoms with Crippen LogP contribution in [0.4, 0.5) is 5.69 Å². The molecule has 0 spiro atoms. The second-order valence-electron chi connectivity index (χ2n) is 5.23. The lowest BCUT2D eigenvalue weighted by atomic mass is 10.0. The van der Waals surface area contributed by atoms with E-state index < -0.39 is 15.9 Å². The zero-order chi connectivity index (χ0) is 14.9. The maximum atomic E-state index is 11.7. The lowest BCUT2D eigenvalue weighted by molar-refractivity contribution is 0.194. The monoisotopic (exact) mass is 299 g/mol. The summed E-state index contributed by atoms with van der Waals surface area (Å²) in [5.74, 6) is 0.912. The first kappa shape index (κ1) is 15.1. The Kier molecular flexibility index (Phi) is 4.25. The predicted molar refractivity (Wildman–Crippen MR) is 79.1 cm³/mol. The van der Waals surface area contributed by atoms with E-state index in [-0.39, 0.29) is 17.5 Å². The Hall–Kier alpha value is -1.27. The van der Waals surface area contributed by atoms with E-state index >= 15 is 0 Å². The van der Waals surface area contributed by atoms with E-state index in [9.17, 15) is 13.5 Å². The van der Waals surface area contributed by atoms with Crippen molar-refractivity contribution in [2.24, 2.45) is 0 Å². The summed E-state index contributed by atoms with van der Waals surface area (Å²) in [6.07, 6.45) is -0.674. The van der Waals surface area contributed by atoms with Gasteiger partial charge in [-0.3, -0.25) is 0 Å². The molecule has 1 fully saturated rings. The molecule has 1 saturated heterocycles. The fraction of sp³-hybridized carbons (Fsp3) is 0.571. The molecule has 1 aliphatic heterocycles. The first-order chi connectivity index (χ1) is 9.35. The predicted octanol–water partition coefficient (Wildman–Crippen LogP) is 1.37. The Bertz CT molecular complexity index is 583. The van der Waals surface area contributed by atoms with Gasteiger partial charge in [-0.2, -0.15) is 0 Å². The van der Waals surface area contributed by atoms with Gasteiger partial charge in [0.15, 0.2) is 9.84 Å². The van der Waals surface area contributed by atoms with Crippen LogP contribution in [0.15, 0.2) is 18.2 Å². The Morgan fingerprint density at radius 2 is 2.15 bits per heavy atom. The third kappa shape index (κ3) is 2.91. The molecular weight excluding hydrogens is 278 g/mol. The third-order valence-corrected chi connectivity index (χ3v) is 5.46. The van der Waals surface area contributed by atoms with Crippen molar-refractivity contribution in [1.82, 2.24) is 0 Å². The highest BCUT2D eigenvalue weighted by Gasteiger charge is 2.30. The average molecular weight is 299 g/mol. The SMILES string of the molecule is COc1cccc(N2CCS(=O)(=O)CC2C)c1[C@H](C)O. The molecule has 0 saturated carbocycles. The average Bonchev–Trinajstić information content (AvgIpc) is 2.36. The van der Waals surface area contributed by atoms with Crippen molar-refractivity contribution in [3.63, 3.8) is 0 Å². The summed E-state index contributed by atoms with van der Waals surface area (Å²) in [6.45, 7) is 4.02. The molecule has 0 amide bonds. The van der Waals surface area contributed by atoms with E-state index in [1.54, 1.807) is 20.1 Å². The lowest BCUT2D eigenvalue weighted by Gasteiger charge is -2.37.